The lowest BCUT2D eigenvalue weighted by Gasteiger charge is -2.26. The second-order valence-electron chi connectivity index (χ2n) is 25.8. The Hall–Kier alpha value is 0.990. The van der Waals surface area contributed by atoms with E-state index in [2.05, 4.69) is 51.7 Å². The molecule has 19 heteroatoms. The van der Waals surface area contributed by atoms with Crippen LogP contribution in [0, 0.1) is 5.92 Å². The minimum absolute atomic E-state index is 0.0712. The van der Waals surface area contributed by atoms with E-state index in [1.807, 2.05) is 0 Å². The summed E-state index contributed by atoms with van der Waals surface area (Å²) in [5.74, 6) is 0.976. The van der Waals surface area contributed by atoms with E-state index in [1.54, 1.807) is 0 Å². The Bertz CT molecular complexity index is 1670. The summed E-state index contributed by atoms with van der Waals surface area (Å²) in [6.45, 7) is 7.58. The van der Waals surface area contributed by atoms with Crippen LogP contribution in [0.4, 0.5) is 0 Å². The monoisotopic (exact) mass is 1370 g/mol. The van der Waals surface area contributed by atoms with Crippen molar-refractivity contribution in [1.82, 2.24) is 0 Å². The third kappa shape index (κ3) is 61.1. The molecule has 0 aromatic heterocycles. The second-order valence-corrected chi connectivity index (χ2v) is 34.1. The zero-order valence-electron chi connectivity index (χ0n) is 58.4. The van der Waals surface area contributed by atoms with Gasteiger partial charge in [-0.15, -0.1) is 0 Å². The zero-order valence-corrected chi connectivity index (χ0v) is 62.9. The molecule has 2 rings (SSSR count). The van der Waals surface area contributed by atoms with E-state index < -0.39 is 42.2 Å². The number of unbranched alkanes of at least 4 members (excludes halogenated alkanes) is 44. The van der Waals surface area contributed by atoms with Gasteiger partial charge in [-0.2, -0.15) is 12.6 Å². The first-order valence-corrected chi connectivity index (χ1v) is 44.7. The van der Waals surface area contributed by atoms with Gasteiger partial charge in [0.15, 0.2) is 0 Å². The molecule has 2 fully saturated rings. The van der Waals surface area contributed by atoms with Gasteiger partial charge < -0.3 is 66.4 Å². The second kappa shape index (κ2) is 63.7. The fourth-order valence-electron chi connectivity index (χ4n) is 11.4. The lowest BCUT2D eigenvalue weighted by atomic mass is 10.0. The molecule has 0 radical (unpaired) electrons. The van der Waals surface area contributed by atoms with Gasteiger partial charge in [0.05, 0.1) is 38.6 Å². The van der Waals surface area contributed by atoms with Crippen LogP contribution in [0.2, 0.25) is 0 Å². The molecule has 14 nitrogen and oxygen atoms in total. The first-order valence-electron chi connectivity index (χ1n) is 36.8. The molecular weight excluding hydrogens is 1220 g/mol. The molecule has 6 N–H and O–H groups in total. The molecule has 2 aliphatic rings. The van der Waals surface area contributed by atoms with E-state index in [1.165, 1.54) is 265 Å². The maximum atomic E-state index is 10.5. The van der Waals surface area contributed by atoms with Crippen molar-refractivity contribution in [2.75, 3.05) is 72.3 Å². The lowest BCUT2D eigenvalue weighted by molar-refractivity contribution is 0.00885. The predicted octanol–water partition coefficient (Wildman–Crippen LogP) is 21.0. The van der Waals surface area contributed by atoms with Gasteiger partial charge in [0.25, 0.3) is 0 Å². The highest BCUT2D eigenvalue weighted by Crippen LogP contribution is 2.49. The maximum absolute atomic E-state index is 10.5. The van der Waals surface area contributed by atoms with Gasteiger partial charge in [-0.25, -0.2) is 0 Å². The largest absolute Gasteiger partial charge is 0.375 e. The Morgan fingerprint density at radius 2 is 0.708 bits per heavy atom. The molecule has 0 bridgehead atoms. The molecule has 0 aromatic carbocycles. The summed E-state index contributed by atoms with van der Waals surface area (Å²) >= 11 is 4.16. The first-order chi connectivity index (χ1) is 43.0. The highest BCUT2D eigenvalue weighted by molar-refractivity contribution is 7.80. The number of hydrogen-bond acceptors (Lipinski definition) is 15. The Kier molecular flexibility index (Phi) is 64.4. The van der Waals surface area contributed by atoms with E-state index in [4.69, 9.17) is 46.9 Å². The van der Waals surface area contributed by atoms with Crippen LogP contribution in [-0.2, 0) is 41.1 Å². The lowest BCUT2D eigenvalue weighted by Crippen LogP contribution is -2.28. The standard InChI is InChI=1S/C41H84.C15H33NO6P2.C14H30O7P2S/c1-3-5-7-9-11-13-15-17-19-21-23-25-27-29-31-33-35-37-39-41-40-38-36-34-32-30-28-26-24-22-20-18-16-14-12-10-8-6-4-2;1-19-24(3,18)22-12-15-14(8-11-20-15)13-23(2,17)21-10-7-5-4-6-9-16;1-17-22(2,15)21-13-8-10-18-14(13)12-20-23(3,16)19-9-6-4-5-7-11-24/h3-41H2,1-2H3;14-15,17-18H,2-13,16H2,1H3;13-16,24H,2-12H2,1H3. The van der Waals surface area contributed by atoms with Gasteiger partial charge in [0, 0.05) is 40.0 Å². The van der Waals surface area contributed by atoms with Crippen molar-refractivity contribution < 1.29 is 60.7 Å². The average Bonchev–Trinajstić information content (AvgIpc) is 4.17. The van der Waals surface area contributed by atoms with Gasteiger partial charge >= 0.3 is 0 Å². The minimum atomic E-state index is -3.14. The SMILES string of the molecule is C=P(O)(CC1CCOC1COP(=C)(O)OC)OCCCCCCN.C=P(O)(OCCCCCCS)OCC1OCCC1OP(=C)(O)OC.CCCCCCCCCCCCCCCCCCCCCCCCCCCCCCCCCCCCCCCCC. The summed E-state index contributed by atoms with van der Waals surface area (Å²) in [6.07, 6.45) is 81.3. The number of nitrogens with two attached hydrogens (primary N) is 1. The van der Waals surface area contributed by atoms with E-state index in [0.717, 1.165) is 63.5 Å². The molecule has 0 spiro atoms. The molecule has 2 saturated heterocycles. The molecule has 0 aliphatic carbocycles. The number of hydrogen-bond donors (Lipinski definition) is 6. The minimum Gasteiger partial charge on any atom is -0.375 e. The predicted molar refractivity (Wildman–Crippen MR) is 396 cm³/mol. The average molecular weight is 1370 g/mol. The van der Waals surface area contributed by atoms with Crippen molar-refractivity contribution >= 4 is 67.9 Å². The van der Waals surface area contributed by atoms with Crippen LogP contribution >= 0.6 is 42.7 Å². The molecule has 89 heavy (non-hydrogen) atoms. The summed E-state index contributed by atoms with van der Waals surface area (Å²) in [4.78, 5) is 40.1. The molecule has 8 atom stereocenters. The van der Waals surface area contributed by atoms with Crippen molar-refractivity contribution in [3.63, 3.8) is 0 Å². The molecule has 0 amide bonds. The fraction of sp³-hybridized carbons (Fsp3) is 0.943. The quantitative estimate of drug-likeness (QED) is 0.0192. The van der Waals surface area contributed by atoms with Gasteiger partial charge in [0.1, 0.15) is 13.4 Å². The van der Waals surface area contributed by atoms with Gasteiger partial charge in [-0.3, -0.25) is 0 Å². The molecule has 2 heterocycles. The number of thiol groups is 1. The fourth-order valence-corrected chi connectivity index (χ4v) is 15.5. The van der Waals surface area contributed by atoms with E-state index in [0.29, 0.717) is 45.6 Å². The van der Waals surface area contributed by atoms with Crippen LogP contribution in [0.5, 0.6) is 0 Å². The molecule has 8 unspecified atom stereocenters. The summed E-state index contributed by atoms with van der Waals surface area (Å²) in [5.41, 5.74) is 5.45. The van der Waals surface area contributed by atoms with Crippen LogP contribution < -0.4 is 5.73 Å². The summed E-state index contributed by atoms with van der Waals surface area (Å²) < 4.78 is 48.0. The van der Waals surface area contributed by atoms with Crippen LogP contribution in [0.1, 0.15) is 328 Å². The molecule has 0 saturated carbocycles. The van der Waals surface area contributed by atoms with Crippen LogP contribution in [0.25, 0.3) is 0 Å². The molecule has 536 valence electrons. The summed E-state index contributed by atoms with van der Waals surface area (Å²) in [5, 5.41) is 0. The first kappa shape index (κ1) is 90.0. The van der Waals surface area contributed by atoms with Crippen molar-refractivity contribution in [2.45, 2.75) is 347 Å². The third-order valence-electron chi connectivity index (χ3n) is 17.2. The Balaban J connectivity index is 0.00000138. The molecule has 2 aliphatic heterocycles. The van der Waals surface area contributed by atoms with Crippen LogP contribution in [-0.4, -0.2) is 135 Å². The van der Waals surface area contributed by atoms with Crippen LogP contribution in [0.15, 0.2) is 0 Å². The van der Waals surface area contributed by atoms with E-state index in [-0.39, 0.29) is 25.2 Å². The van der Waals surface area contributed by atoms with Crippen molar-refractivity contribution in [3.05, 3.63) is 0 Å². The molecular formula is C70H147NO13P4S. The highest BCUT2D eigenvalue weighted by Gasteiger charge is 2.35. The zero-order chi connectivity index (χ0) is 65.7. The maximum Gasteiger partial charge on any atom is 0.248 e. The Labute approximate surface area is 556 Å². The number of ether oxygens (including phenoxy) is 2. The summed E-state index contributed by atoms with van der Waals surface area (Å²) in [7, 11) is -9.23. The highest BCUT2D eigenvalue weighted by atomic mass is 32.1. The van der Waals surface area contributed by atoms with Gasteiger partial charge in [-0.1, -0.05) is 296 Å². The topological polar surface area (TPSA) is 190 Å². The Morgan fingerprint density at radius 1 is 0.393 bits per heavy atom. The number of rotatable bonds is 64. The third-order valence-corrected chi connectivity index (χ3v) is 22.7. The van der Waals surface area contributed by atoms with Crippen molar-refractivity contribution in [3.8, 4) is 0 Å². The Morgan fingerprint density at radius 3 is 1.08 bits per heavy atom. The van der Waals surface area contributed by atoms with E-state index >= 15 is 0 Å². The van der Waals surface area contributed by atoms with Crippen LogP contribution in [0.3, 0.4) is 0 Å². The van der Waals surface area contributed by atoms with E-state index in [9.17, 15) is 19.6 Å². The van der Waals surface area contributed by atoms with Crippen molar-refractivity contribution in [1.29, 1.82) is 0 Å². The van der Waals surface area contributed by atoms with Crippen molar-refractivity contribution in [2.24, 2.45) is 11.7 Å². The van der Waals surface area contributed by atoms with Gasteiger partial charge in [0.2, 0.25) is 22.7 Å². The summed E-state index contributed by atoms with van der Waals surface area (Å²) in [6, 6.07) is 0. The smallest absolute Gasteiger partial charge is 0.248 e. The van der Waals surface area contributed by atoms with Gasteiger partial charge in [-0.05, 0) is 69.2 Å². The normalized spacial score (nSPS) is 19.4. The molecule has 0 aromatic rings.